The van der Waals surface area contributed by atoms with E-state index in [-0.39, 0.29) is 23.8 Å². The van der Waals surface area contributed by atoms with Gasteiger partial charge in [0.1, 0.15) is 5.75 Å². The zero-order chi connectivity index (χ0) is 24.8. The first-order chi connectivity index (χ1) is 17.5. The van der Waals surface area contributed by atoms with E-state index in [0.29, 0.717) is 28.9 Å². The van der Waals surface area contributed by atoms with Crippen molar-refractivity contribution >= 4 is 23.4 Å². The van der Waals surface area contributed by atoms with Crippen LogP contribution < -0.4 is 4.74 Å². The lowest BCUT2D eigenvalue weighted by atomic mass is 9.63. The predicted molar refractivity (Wildman–Crippen MR) is 132 cm³/mol. The molecule has 3 aliphatic rings. The maximum absolute atomic E-state index is 13.9. The van der Waals surface area contributed by atoms with Crippen molar-refractivity contribution in [3.05, 3.63) is 113 Å². The Bertz CT molecular complexity index is 1410. The second-order valence-electron chi connectivity index (χ2n) is 9.39. The van der Waals surface area contributed by atoms with Crippen LogP contribution in [-0.4, -0.2) is 34.4 Å². The summed E-state index contributed by atoms with van der Waals surface area (Å²) in [5.41, 5.74) is 1.93. The van der Waals surface area contributed by atoms with Crippen molar-refractivity contribution in [2.24, 2.45) is 11.8 Å². The molecule has 1 amide bonds. The first kappa shape index (κ1) is 22.2. The Morgan fingerprint density at radius 1 is 0.778 bits per heavy atom. The Labute approximate surface area is 208 Å². The van der Waals surface area contributed by atoms with Crippen LogP contribution in [0.15, 0.2) is 96.6 Å². The lowest BCUT2D eigenvalue weighted by Crippen LogP contribution is -2.59. The second-order valence-corrected chi connectivity index (χ2v) is 9.39. The van der Waals surface area contributed by atoms with Crippen LogP contribution in [0.3, 0.4) is 0 Å². The summed E-state index contributed by atoms with van der Waals surface area (Å²) in [6, 6.07) is 23.2. The molecule has 6 rings (SSSR count). The van der Waals surface area contributed by atoms with E-state index < -0.39 is 30.0 Å². The number of hydrogen-bond acceptors (Lipinski definition) is 5. The van der Waals surface area contributed by atoms with Crippen LogP contribution in [0.1, 0.15) is 45.2 Å². The number of likely N-dealkylation sites (tertiary alicyclic amines) is 1. The molecule has 36 heavy (non-hydrogen) atoms. The minimum atomic E-state index is -0.892. The molecule has 0 N–H and O–H groups in total. The van der Waals surface area contributed by atoms with E-state index in [2.05, 4.69) is 0 Å². The highest BCUT2D eigenvalue weighted by Gasteiger charge is 2.55. The fraction of sp³-hybridized carbons (Fsp3) is 0.200. The summed E-state index contributed by atoms with van der Waals surface area (Å²) in [5, 5.41) is 0. The molecular formula is C30H23NO5. The molecule has 1 saturated heterocycles. The molecule has 1 heterocycles. The van der Waals surface area contributed by atoms with Crippen molar-refractivity contribution in [3.63, 3.8) is 0 Å². The number of rotatable bonds is 2. The third-order valence-corrected chi connectivity index (χ3v) is 7.46. The molecule has 3 aromatic carbocycles. The minimum absolute atomic E-state index is 0.0757. The molecule has 0 radical (unpaired) electrons. The maximum Gasteiger partial charge on any atom is 0.416 e. The van der Waals surface area contributed by atoms with Crippen molar-refractivity contribution in [2.45, 2.75) is 24.9 Å². The van der Waals surface area contributed by atoms with Gasteiger partial charge in [-0.25, -0.2) is 4.79 Å². The lowest BCUT2D eigenvalue weighted by molar-refractivity contribution is -0.120. The molecule has 1 fully saturated rings. The number of ether oxygens (including phenoxy) is 1. The summed E-state index contributed by atoms with van der Waals surface area (Å²) >= 11 is 0. The summed E-state index contributed by atoms with van der Waals surface area (Å²) in [6.45, 7) is 0. The fourth-order valence-electron chi connectivity index (χ4n) is 5.85. The molecule has 0 saturated carbocycles. The van der Waals surface area contributed by atoms with Crippen LogP contribution in [0.4, 0.5) is 4.79 Å². The Morgan fingerprint density at radius 2 is 1.39 bits per heavy atom. The number of carbonyl (C=O) groups is 4. The van der Waals surface area contributed by atoms with Gasteiger partial charge in [-0.05, 0) is 24.1 Å². The van der Waals surface area contributed by atoms with Gasteiger partial charge in [-0.1, -0.05) is 78.9 Å². The molecule has 3 aromatic rings. The summed E-state index contributed by atoms with van der Waals surface area (Å²) in [6.07, 6.45) is 1.46. The van der Waals surface area contributed by atoms with E-state index >= 15 is 0 Å². The van der Waals surface area contributed by atoms with Crippen molar-refractivity contribution < 1.29 is 23.9 Å². The quantitative estimate of drug-likeness (QED) is 0.506. The average molecular weight is 478 g/mol. The summed E-state index contributed by atoms with van der Waals surface area (Å²) in [4.78, 5) is 56.0. The molecule has 1 aliphatic heterocycles. The first-order valence-electron chi connectivity index (χ1n) is 12.1. The van der Waals surface area contributed by atoms with Gasteiger partial charge in [0.05, 0.1) is 18.0 Å². The lowest BCUT2D eigenvalue weighted by Gasteiger charge is -2.49. The predicted octanol–water partition coefficient (Wildman–Crippen LogP) is 5.21. The van der Waals surface area contributed by atoms with Crippen molar-refractivity contribution in [1.82, 2.24) is 4.90 Å². The van der Waals surface area contributed by atoms with E-state index in [4.69, 9.17) is 4.74 Å². The average Bonchev–Trinajstić information content (AvgIpc) is 2.92. The van der Waals surface area contributed by atoms with Crippen molar-refractivity contribution in [3.8, 4) is 5.75 Å². The largest absolute Gasteiger partial charge is 0.416 e. The number of Topliss-reactive ketones (excluding diaryl/α,β-unsaturated/α-hetero) is 3. The van der Waals surface area contributed by atoms with Gasteiger partial charge in [-0.15, -0.1) is 0 Å². The Kier molecular flexibility index (Phi) is 5.37. The van der Waals surface area contributed by atoms with Crippen molar-refractivity contribution in [2.75, 3.05) is 0 Å². The molecule has 4 atom stereocenters. The standard InChI is InChI=1S/C30H23NO5/c32-25-17-24(18-9-3-1-4-10-18)31(30(35)36-19-11-5-2-6-12-19)27-22(25)15-16-23-26(27)29(34)21-14-8-7-13-20(21)28(23)33/h1-15,23-24,26-27H,16-17H2/t23-,24+,26-,27+/m0/s1. The van der Waals surface area contributed by atoms with E-state index in [0.717, 1.165) is 5.56 Å². The Hall–Kier alpha value is -4.32. The van der Waals surface area contributed by atoms with Gasteiger partial charge in [-0.2, -0.15) is 0 Å². The number of allylic oxidation sites excluding steroid dienone is 1. The molecule has 0 bridgehead atoms. The van der Waals surface area contributed by atoms with Crippen LogP contribution in [0.25, 0.3) is 0 Å². The van der Waals surface area contributed by atoms with Crippen molar-refractivity contribution in [1.29, 1.82) is 0 Å². The van der Waals surface area contributed by atoms with E-state index in [1.54, 1.807) is 54.6 Å². The summed E-state index contributed by atoms with van der Waals surface area (Å²) < 4.78 is 5.75. The zero-order valence-corrected chi connectivity index (χ0v) is 19.4. The van der Waals surface area contributed by atoms with Crippen LogP contribution in [0, 0.1) is 11.8 Å². The fourth-order valence-corrected chi connectivity index (χ4v) is 5.85. The van der Waals surface area contributed by atoms with Crippen LogP contribution in [0.5, 0.6) is 5.75 Å². The van der Waals surface area contributed by atoms with Gasteiger partial charge in [0, 0.05) is 29.0 Å². The number of carbonyl (C=O) groups excluding carboxylic acids is 4. The number of nitrogens with zero attached hydrogens (tertiary/aromatic N) is 1. The molecule has 0 unspecified atom stereocenters. The van der Waals surface area contributed by atoms with Gasteiger partial charge >= 0.3 is 6.09 Å². The van der Waals surface area contributed by atoms with E-state index in [1.807, 2.05) is 36.4 Å². The number of hydrogen-bond donors (Lipinski definition) is 0. The zero-order valence-electron chi connectivity index (χ0n) is 19.4. The Morgan fingerprint density at radius 3 is 2.08 bits per heavy atom. The van der Waals surface area contributed by atoms with Crippen LogP contribution >= 0.6 is 0 Å². The summed E-state index contributed by atoms with van der Waals surface area (Å²) in [5.74, 6) is -1.60. The molecule has 0 spiro atoms. The van der Waals surface area contributed by atoms with Gasteiger partial charge < -0.3 is 4.74 Å². The highest BCUT2D eigenvalue weighted by Crippen LogP contribution is 2.47. The number of piperidine rings is 1. The molecule has 2 aliphatic carbocycles. The molecular weight excluding hydrogens is 454 g/mol. The number of para-hydroxylation sites is 1. The highest BCUT2D eigenvalue weighted by atomic mass is 16.6. The third kappa shape index (κ3) is 3.49. The van der Waals surface area contributed by atoms with Gasteiger partial charge in [0.2, 0.25) is 0 Å². The smallest absolute Gasteiger partial charge is 0.410 e. The number of fused-ring (bicyclic) bond motifs is 4. The van der Waals surface area contributed by atoms with Gasteiger partial charge in [0.15, 0.2) is 17.3 Å². The third-order valence-electron chi connectivity index (χ3n) is 7.46. The van der Waals surface area contributed by atoms with Gasteiger partial charge in [-0.3, -0.25) is 19.3 Å². The number of benzene rings is 3. The normalized spacial score (nSPS) is 24.8. The maximum atomic E-state index is 13.9. The second kappa shape index (κ2) is 8.72. The highest BCUT2D eigenvalue weighted by molar-refractivity contribution is 6.17. The van der Waals surface area contributed by atoms with Gasteiger partial charge in [0.25, 0.3) is 0 Å². The number of ketones is 3. The SMILES string of the molecule is O=C1C[C@H](c2ccccc2)N(C(=O)Oc2ccccc2)[C@@H]2C1=CC[C@@H]1C(=O)c3ccccc3C(=O)[C@@H]12. The van der Waals surface area contributed by atoms with Crippen LogP contribution in [-0.2, 0) is 4.79 Å². The first-order valence-corrected chi connectivity index (χ1v) is 12.1. The molecule has 6 nitrogen and oxygen atoms in total. The molecule has 178 valence electrons. The molecule has 6 heteroatoms. The van der Waals surface area contributed by atoms with E-state index in [1.165, 1.54) is 4.90 Å². The number of amides is 1. The summed E-state index contributed by atoms with van der Waals surface area (Å²) in [7, 11) is 0. The minimum Gasteiger partial charge on any atom is -0.410 e. The Balaban J connectivity index is 1.49. The van der Waals surface area contributed by atoms with Crippen LogP contribution in [0.2, 0.25) is 0 Å². The molecule has 0 aromatic heterocycles. The van der Waals surface area contributed by atoms with E-state index in [9.17, 15) is 19.2 Å². The monoisotopic (exact) mass is 477 g/mol. The topological polar surface area (TPSA) is 80.8 Å².